The number of hydrogen-bond donors (Lipinski definition) is 1. The molecule has 0 spiro atoms. The highest BCUT2D eigenvalue weighted by Crippen LogP contribution is 2.44. The number of methoxy groups -OCH3 is 1. The summed E-state index contributed by atoms with van der Waals surface area (Å²) in [5.74, 6) is -2.72. The van der Waals surface area contributed by atoms with Crippen LogP contribution in [0.3, 0.4) is 0 Å². The molecule has 0 saturated heterocycles. The molecular weight excluding hydrogens is 390 g/mol. The molecule has 4 nitrogen and oxygen atoms in total. The lowest BCUT2D eigenvalue weighted by atomic mass is 9.79. The fourth-order valence-corrected chi connectivity index (χ4v) is 3.23. The summed E-state index contributed by atoms with van der Waals surface area (Å²) in [7, 11) is 1.42. The van der Waals surface area contributed by atoms with Gasteiger partial charge in [-0.05, 0) is 43.0 Å². The summed E-state index contributed by atoms with van der Waals surface area (Å²) < 4.78 is 65.1. The lowest BCUT2D eigenvalue weighted by Crippen LogP contribution is -2.32. The van der Waals surface area contributed by atoms with Crippen LogP contribution in [0.2, 0.25) is 0 Å². The van der Waals surface area contributed by atoms with Crippen molar-refractivity contribution in [3.8, 4) is 0 Å². The maximum atomic E-state index is 13.7. The van der Waals surface area contributed by atoms with Crippen molar-refractivity contribution in [1.29, 1.82) is 0 Å². The number of halogens is 4. The zero-order valence-corrected chi connectivity index (χ0v) is 17.0. The first kappa shape index (κ1) is 22.9. The van der Waals surface area contributed by atoms with Crippen molar-refractivity contribution in [2.75, 3.05) is 20.3 Å². The Morgan fingerprint density at radius 1 is 1.24 bits per heavy atom. The smallest absolute Gasteiger partial charge is 0.416 e. The van der Waals surface area contributed by atoms with Crippen LogP contribution in [-0.4, -0.2) is 26.3 Å². The molecule has 1 aliphatic rings. The molecule has 8 heteroatoms. The Bertz CT molecular complexity index is 841. The van der Waals surface area contributed by atoms with E-state index in [1.807, 2.05) is 13.8 Å². The number of alkyl halides is 3. The summed E-state index contributed by atoms with van der Waals surface area (Å²) >= 11 is 0. The zero-order chi connectivity index (χ0) is 21.9. The quantitative estimate of drug-likeness (QED) is 0.529. The van der Waals surface area contributed by atoms with Gasteiger partial charge in [-0.2, -0.15) is 13.2 Å². The molecule has 1 unspecified atom stereocenters. The number of rotatable bonds is 6. The summed E-state index contributed by atoms with van der Waals surface area (Å²) in [6.45, 7) is 7.14. The molecule has 0 saturated carbocycles. The van der Waals surface area contributed by atoms with E-state index in [4.69, 9.17) is 9.47 Å². The van der Waals surface area contributed by atoms with Crippen molar-refractivity contribution in [2.24, 2.45) is 5.92 Å². The number of carbonyl (C=O) groups excluding carboxylic acids is 1. The predicted molar refractivity (Wildman–Crippen MR) is 100 cm³/mol. The third kappa shape index (κ3) is 5.18. The monoisotopic (exact) mass is 415 g/mol. The first-order valence-electron chi connectivity index (χ1n) is 9.17. The van der Waals surface area contributed by atoms with E-state index in [9.17, 15) is 22.4 Å². The minimum atomic E-state index is -4.79. The predicted octanol–water partition coefficient (Wildman–Crippen LogP) is 4.92. The summed E-state index contributed by atoms with van der Waals surface area (Å²) in [5, 5.41) is 3.03. The average molecular weight is 415 g/mol. The molecule has 1 N–H and O–H groups in total. The van der Waals surface area contributed by atoms with Crippen molar-refractivity contribution in [1.82, 2.24) is 5.32 Å². The van der Waals surface area contributed by atoms with Gasteiger partial charge in [-0.15, -0.1) is 0 Å². The van der Waals surface area contributed by atoms with E-state index >= 15 is 0 Å². The number of hydrogen-bond acceptors (Lipinski definition) is 4. The molecule has 0 aromatic heterocycles. The van der Waals surface area contributed by atoms with Crippen LogP contribution in [-0.2, 0) is 20.4 Å². The largest absolute Gasteiger partial charge is 0.462 e. The van der Waals surface area contributed by atoms with Gasteiger partial charge in [0, 0.05) is 18.7 Å². The molecule has 1 aliphatic heterocycles. The standard InChI is InChI=1S/C21H25F4NO3/c1-11(2)9-29-20(27)19-17(10-28-5)26-13(4)12(3)18(19)15-7-6-14(22)8-16(15)21(23,24)25/h6-8,11,18,26H,9-10H2,1-5H3. The molecule has 1 aromatic carbocycles. The van der Waals surface area contributed by atoms with E-state index in [-0.39, 0.29) is 30.3 Å². The van der Waals surface area contributed by atoms with Gasteiger partial charge in [-0.1, -0.05) is 19.9 Å². The van der Waals surface area contributed by atoms with Crippen LogP contribution in [0.25, 0.3) is 0 Å². The SMILES string of the molecule is COCC1=C(C(=O)OCC(C)C)C(c2ccc(F)cc2C(F)(F)F)C(C)=C(C)N1. The highest BCUT2D eigenvalue weighted by Gasteiger charge is 2.41. The van der Waals surface area contributed by atoms with Crippen LogP contribution < -0.4 is 5.32 Å². The molecule has 0 aliphatic carbocycles. The fourth-order valence-electron chi connectivity index (χ4n) is 3.23. The van der Waals surface area contributed by atoms with Gasteiger partial charge < -0.3 is 14.8 Å². The van der Waals surface area contributed by atoms with Crippen molar-refractivity contribution < 1.29 is 31.8 Å². The molecule has 0 bridgehead atoms. The second-order valence-electron chi connectivity index (χ2n) is 7.41. The normalized spacial score (nSPS) is 17.7. The Labute approximate surface area is 167 Å². The van der Waals surface area contributed by atoms with Crippen LogP contribution in [0.5, 0.6) is 0 Å². The second kappa shape index (κ2) is 8.98. The van der Waals surface area contributed by atoms with Crippen molar-refractivity contribution >= 4 is 5.97 Å². The molecule has 1 heterocycles. The third-order valence-corrected chi connectivity index (χ3v) is 4.66. The van der Waals surface area contributed by atoms with Crippen molar-refractivity contribution in [3.05, 3.63) is 57.7 Å². The number of nitrogens with one attached hydrogen (secondary N) is 1. The van der Waals surface area contributed by atoms with Crippen LogP contribution in [0, 0.1) is 11.7 Å². The first-order chi connectivity index (χ1) is 13.5. The molecule has 1 atom stereocenters. The lowest BCUT2D eigenvalue weighted by molar-refractivity contribution is -0.141. The summed E-state index contributed by atoms with van der Waals surface area (Å²) in [4.78, 5) is 12.9. The minimum absolute atomic E-state index is 0.0181. The van der Waals surface area contributed by atoms with Gasteiger partial charge in [0.25, 0.3) is 0 Å². The van der Waals surface area contributed by atoms with Gasteiger partial charge >= 0.3 is 12.1 Å². The fraction of sp³-hybridized carbons (Fsp3) is 0.476. The molecule has 2 rings (SSSR count). The van der Waals surface area contributed by atoms with Crippen LogP contribution in [0.4, 0.5) is 17.6 Å². The van der Waals surface area contributed by atoms with Gasteiger partial charge in [-0.25, -0.2) is 9.18 Å². The number of ether oxygens (including phenoxy) is 2. The van der Waals surface area contributed by atoms with E-state index in [0.717, 1.165) is 12.1 Å². The minimum Gasteiger partial charge on any atom is -0.462 e. The van der Waals surface area contributed by atoms with Crippen LogP contribution >= 0.6 is 0 Å². The average Bonchev–Trinajstić information content (AvgIpc) is 2.62. The van der Waals surface area contributed by atoms with Gasteiger partial charge in [0.15, 0.2) is 0 Å². The maximum absolute atomic E-state index is 13.7. The van der Waals surface area contributed by atoms with Gasteiger partial charge in [-0.3, -0.25) is 0 Å². The molecule has 1 aromatic rings. The maximum Gasteiger partial charge on any atom is 0.416 e. The zero-order valence-electron chi connectivity index (χ0n) is 17.0. The Morgan fingerprint density at radius 3 is 2.45 bits per heavy atom. The van der Waals surface area contributed by atoms with Gasteiger partial charge in [0.2, 0.25) is 0 Å². The highest BCUT2D eigenvalue weighted by molar-refractivity contribution is 5.93. The summed E-state index contributed by atoms with van der Waals surface area (Å²) in [6.07, 6.45) is -4.79. The number of dihydropyridines is 1. The highest BCUT2D eigenvalue weighted by atomic mass is 19.4. The molecule has 160 valence electrons. The third-order valence-electron chi connectivity index (χ3n) is 4.66. The van der Waals surface area contributed by atoms with E-state index in [2.05, 4.69) is 5.32 Å². The summed E-state index contributed by atoms with van der Waals surface area (Å²) in [5.41, 5.74) is 0.141. The van der Waals surface area contributed by atoms with E-state index in [1.54, 1.807) is 13.8 Å². The number of esters is 1. The molecule has 0 radical (unpaired) electrons. The number of benzene rings is 1. The van der Waals surface area contributed by atoms with Gasteiger partial charge in [0.05, 0.1) is 30.0 Å². The van der Waals surface area contributed by atoms with E-state index in [0.29, 0.717) is 23.0 Å². The van der Waals surface area contributed by atoms with E-state index in [1.165, 1.54) is 7.11 Å². The number of allylic oxidation sites excluding steroid dienone is 2. The molecular formula is C21H25F4NO3. The van der Waals surface area contributed by atoms with Crippen LogP contribution in [0.1, 0.15) is 44.7 Å². The Hall–Kier alpha value is -2.35. The second-order valence-corrected chi connectivity index (χ2v) is 7.41. The molecule has 0 fully saturated rings. The first-order valence-corrected chi connectivity index (χ1v) is 9.17. The molecule has 0 amide bonds. The topological polar surface area (TPSA) is 47.6 Å². The Morgan fingerprint density at radius 2 is 1.90 bits per heavy atom. The van der Waals surface area contributed by atoms with Crippen molar-refractivity contribution in [3.63, 3.8) is 0 Å². The molecule has 29 heavy (non-hydrogen) atoms. The Kier molecular flexibility index (Phi) is 7.11. The van der Waals surface area contributed by atoms with Gasteiger partial charge in [0.1, 0.15) is 5.82 Å². The van der Waals surface area contributed by atoms with Crippen LogP contribution in [0.15, 0.2) is 40.7 Å². The summed E-state index contributed by atoms with van der Waals surface area (Å²) in [6, 6.07) is 2.49. The Balaban J connectivity index is 2.70. The van der Waals surface area contributed by atoms with E-state index < -0.39 is 29.4 Å². The lowest BCUT2D eigenvalue weighted by Gasteiger charge is -2.32. The number of carbonyl (C=O) groups is 1. The van der Waals surface area contributed by atoms with Crippen molar-refractivity contribution in [2.45, 2.75) is 39.8 Å².